The predicted molar refractivity (Wildman–Crippen MR) is 52.6 cm³/mol. The number of hydrogen-bond donors (Lipinski definition) is 0. The van der Waals surface area contributed by atoms with E-state index in [0.717, 1.165) is 0 Å². The molecular weight excluding hydrogens is 232 g/mol. The maximum atomic E-state index is 4.18. The molecule has 0 bridgehead atoms. The highest BCUT2D eigenvalue weighted by Gasteiger charge is 2.05. The summed E-state index contributed by atoms with van der Waals surface area (Å²) in [5, 5.41) is 7.74. The van der Waals surface area contributed by atoms with Gasteiger partial charge < -0.3 is 0 Å². The zero-order chi connectivity index (χ0) is 9.42. The molecule has 0 radical (unpaired) electrons. The van der Waals surface area contributed by atoms with Crippen LogP contribution in [-0.2, 0) is 0 Å². The van der Waals surface area contributed by atoms with Gasteiger partial charge in [0, 0.05) is 12.4 Å². The molecule has 0 spiro atoms. The molecule has 0 aliphatic rings. The number of fused-ring (bicyclic) bond motifs is 1. The molecule has 0 saturated heterocycles. The predicted octanol–water partition coefficient (Wildman–Crippen LogP) is 2.01. The van der Waals surface area contributed by atoms with Gasteiger partial charge >= 0.3 is 0 Å². The van der Waals surface area contributed by atoms with Gasteiger partial charge in [-0.25, -0.2) is 4.98 Å². The van der Waals surface area contributed by atoms with E-state index in [4.69, 9.17) is 0 Å². The van der Waals surface area contributed by atoms with Gasteiger partial charge in [0.2, 0.25) is 4.73 Å². The van der Waals surface area contributed by atoms with Crippen LogP contribution in [0.3, 0.4) is 0 Å². The van der Waals surface area contributed by atoms with Gasteiger partial charge in [0.15, 0.2) is 0 Å². The summed E-state index contributed by atoms with van der Waals surface area (Å²) >= 11 is 3.30. The number of nitrogens with zero attached hydrogens (tertiary/aromatic N) is 4. The lowest BCUT2D eigenvalue weighted by Crippen LogP contribution is -1.95. The lowest BCUT2D eigenvalue weighted by molar-refractivity contribution is 0.839. The number of rotatable bonds is 1. The molecule has 2 rings (SSSR count). The molecule has 68 valence electrons. The van der Waals surface area contributed by atoms with Crippen molar-refractivity contribution >= 4 is 21.7 Å². The molecule has 2 aromatic rings. The van der Waals surface area contributed by atoms with Crippen LogP contribution in [0.2, 0.25) is 0 Å². The molecule has 2 heterocycles. The second-order valence-electron chi connectivity index (χ2n) is 3.18. The first kappa shape index (κ1) is 8.62. The Labute approximate surface area is 84.1 Å². The van der Waals surface area contributed by atoms with Crippen LogP contribution in [-0.4, -0.2) is 19.6 Å². The zero-order valence-corrected chi connectivity index (χ0v) is 8.98. The molecule has 0 saturated carbocycles. The molecule has 4 nitrogen and oxygen atoms in total. The Morgan fingerprint density at radius 3 is 2.85 bits per heavy atom. The van der Waals surface area contributed by atoms with E-state index >= 15 is 0 Å². The third-order valence-electron chi connectivity index (χ3n) is 1.91. The minimum Gasteiger partial charge on any atom is -0.261 e. The van der Waals surface area contributed by atoms with E-state index in [1.165, 1.54) is 5.56 Å². The second kappa shape index (κ2) is 3.06. The normalized spacial score (nSPS) is 11.4. The van der Waals surface area contributed by atoms with E-state index < -0.39 is 0 Å². The van der Waals surface area contributed by atoms with Crippen LogP contribution in [0.5, 0.6) is 0 Å². The van der Waals surface area contributed by atoms with Crippen molar-refractivity contribution < 1.29 is 0 Å². The first-order valence-corrected chi connectivity index (χ1v) is 4.84. The minimum absolute atomic E-state index is 0.464. The van der Waals surface area contributed by atoms with Crippen molar-refractivity contribution in [3.05, 3.63) is 22.7 Å². The van der Waals surface area contributed by atoms with Gasteiger partial charge in [0.05, 0.1) is 0 Å². The Morgan fingerprint density at radius 2 is 2.15 bits per heavy atom. The van der Waals surface area contributed by atoms with E-state index in [-0.39, 0.29) is 0 Å². The largest absolute Gasteiger partial charge is 0.261 e. The smallest absolute Gasteiger partial charge is 0.255 e. The van der Waals surface area contributed by atoms with Crippen molar-refractivity contribution in [2.24, 2.45) is 0 Å². The monoisotopic (exact) mass is 240 g/mol. The van der Waals surface area contributed by atoms with Gasteiger partial charge in [-0.3, -0.25) is 4.40 Å². The summed E-state index contributed by atoms with van der Waals surface area (Å²) in [5.74, 6) is 1.09. The maximum Gasteiger partial charge on any atom is 0.255 e. The van der Waals surface area contributed by atoms with Gasteiger partial charge in [-0.15, -0.1) is 10.2 Å². The van der Waals surface area contributed by atoms with Crippen LogP contribution in [0, 0.1) is 0 Å². The fraction of sp³-hybridized carbons (Fsp3) is 0.375. The molecule has 0 aliphatic heterocycles. The number of halogens is 1. The standard InChI is InChI=1S/C8H9BrN4/c1-5(2)6-3-10-8-12-11-7(9)13(8)4-6/h3-5H,1-2H3. The van der Waals surface area contributed by atoms with Crippen LogP contribution in [0.4, 0.5) is 0 Å². The summed E-state index contributed by atoms with van der Waals surface area (Å²) in [6.45, 7) is 4.25. The Balaban J connectivity index is 2.66. The lowest BCUT2D eigenvalue weighted by Gasteiger charge is -2.03. The summed E-state index contributed by atoms with van der Waals surface area (Å²) in [7, 11) is 0. The molecule has 0 atom stereocenters. The third-order valence-corrected chi connectivity index (χ3v) is 2.45. The van der Waals surface area contributed by atoms with Crippen molar-refractivity contribution in [3.8, 4) is 0 Å². The third kappa shape index (κ3) is 1.44. The van der Waals surface area contributed by atoms with Gasteiger partial charge in [0.1, 0.15) is 0 Å². The molecule has 2 aromatic heterocycles. The van der Waals surface area contributed by atoms with Crippen LogP contribution in [0.25, 0.3) is 5.78 Å². The summed E-state index contributed by atoms with van der Waals surface area (Å²) in [6.07, 6.45) is 3.83. The maximum absolute atomic E-state index is 4.18. The van der Waals surface area contributed by atoms with Crippen molar-refractivity contribution in [3.63, 3.8) is 0 Å². The molecule has 0 aliphatic carbocycles. The lowest BCUT2D eigenvalue weighted by atomic mass is 10.1. The Kier molecular flexibility index (Phi) is 2.03. The first-order valence-electron chi connectivity index (χ1n) is 4.04. The van der Waals surface area contributed by atoms with E-state index in [9.17, 15) is 0 Å². The van der Waals surface area contributed by atoms with E-state index in [1.54, 1.807) is 0 Å². The molecule has 0 amide bonds. The zero-order valence-electron chi connectivity index (χ0n) is 7.40. The van der Waals surface area contributed by atoms with E-state index in [2.05, 4.69) is 45.0 Å². The fourth-order valence-corrected chi connectivity index (χ4v) is 1.42. The summed E-state index contributed by atoms with van der Waals surface area (Å²) in [5.41, 5.74) is 1.17. The molecular formula is C8H9BrN4. The highest BCUT2D eigenvalue weighted by Crippen LogP contribution is 2.15. The van der Waals surface area contributed by atoms with Gasteiger partial charge in [-0.05, 0) is 27.4 Å². The van der Waals surface area contributed by atoms with Crippen molar-refractivity contribution in [2.45, 2.75) is 19.8 Å². The molecule has 0 aromatic carbocycles. The topological polar surface area (TPSA) is 43.1 Å². The Morgan fingerprint density at radius 1 is 1.38 bits per heavy atom. The van der Waals surface area contributed by atoms with Crippen LogP contribution in [0.1, 0.15) is 25.3 Å². The number of hydrogen-bond acceptors (Lipinski definition) is 3. The number of aromatic nitrogens is 4. The quantitative estimate of drug-likeness (QED) is 0.766. The first-order chi connectivity index (χ1) is 6.18. The molecule has 5 heteroatoms. The van der Waals surface area contributed by atoms with Gasteiger partial charge in [-0.1, -0.05) is 13.8 Å². The van der Waals surface area contributed by atoms with Crippen LogP contribution in [0.15, 0.2) is 17.1 Å². The van der Waals surface area contributed by atoms with Crippen molar-refractivity contribution in [2.75, 3.05) is 0 Å². The summed E-state index contributed by atoms with van der Waals surface area (Å²) < 4.78 is 2.52. The van der Waals surface area contributed by atoms with Crippen LogP contribution >= 0.6 is 15.9 Å². The van der Waals surface area contributed by atoms with Gasteiger partial charge in [0.25, 0.3) is 5.78 Å². The molecule has 0 unspecified atom stereocenters. The SMILES string of the molecule is CC(C)c1cnc2nnc(Br)n2c1. The molecule has 0 N–H and O–H groups in total. The average Bonchev–Trinajstić information content (AvgIpc) is 2.47. The average molecular weight is 241 g/mol. The van der Waals surface area contributed by atoms with Crippen LogP contribution < -0.4 is 0 Å². The van der Waals surface area contributed by atoms with E-state index in [0.29, 0.717) is 16.4 Å². The minimum atomic E-state index is 0.464. The van der Waals surface area contributed by atoms with E-state index in [1.807, 2.05) is 16.8 Å². The highest BCUT2D eigenvalue weighted by atomic mass is 79.9. The summed E-state index contributed by atoms with van der Waals surface area (Å²) in [4.78, 5) is 4.18. The highest BCUT2D eigenvalue weighted by molar-refractivity contribution is 9.10. The Bertz CT molecular complexity index is 435. The molecule has 13 heavy (non-hydrogen) atoms. The van der Waals surface area contributed by atoms with Gasteiger partial charge in [-0.2, -0.15) is 0 Å². The van der Waals surface area contributed by atoms with Crippen molar-refractivity contribution in [1.29, 1.82) is 0 Å². The molecule has 0 fully saturated rings. The Hall–Kier alpha value is -0.970. The summed E-state index contributed by atoms with van der Waals surface area (Å²) in [6, 6.07) is 0. The second-order valence-corrected chi connectivity index (χ2v) is 3.89. The van der Waals surface area contributed by atoms with Crippen molar-refractivity contribution in [1.82, 2.24) is 19.6 Å². The fourth-order valence-electron chi connectivity index (χ4n) is 1.08.